The molecule has 0 saturated heterocycles. The summed E-state index contributed by atoms with van der Waals surface area (Å²) in [5.74, 6) is 0.352. The summed E-state index contributed by atoms with van der Waals surface area (Å²) < 4.78 is 10.7. The van der Waals surface area contributed by atoms with Crippen LogP contribution in [0.1, 0.15) is 35.3 Å². The smallest absolute Gasteiger partial charge is 0.330 e. The molecule has 0 radical (unpaired) electrons. The van der Waals surface area contributed by atoms with E-state index in [2.05, 4.69) is 9.97 Å². The molecular formula is C19H22N2O3. The Balaban J connectivity index is 2.05. The Bertz CT molecular complexity index is 754. The van der Waals surface area contributed by atoms with E-state index >= 15 is 0 Å². The molecule has 0 aliphatic heterocycles. The number of carbonyl (C=O) groups is 1. The number of hydrogen-bond donors (Lipinski definition) is 0. The van der Waals surface area contributed by atoms with Crippen molar-refractivity contribution in [2.45, 2.75) is 34.3 Å². The minimum absolute atomic E-state index is 0.352. The first-order valence-electron chi connectivity index (χ1n) is 7.88. The molecule has 0 spiro atoms. The maximum Gasteiger partial charge on any atom is 0.330 e. The zero-order chi connectivity index (χ0) is 17.5. The molecule has 0 amide bonds. The van der Waals surface area contributed by atoms with Crippen molar-refractivity contribution in [2.75, 3.05) is 6.61 Å². The lowest BCUT2D eigenvalue weighted by atomic mass is 10.2. The van der Waals surface area contributed by atoms with Crippen molar-refractivity contribution in [1.82, 2.24) is 9.97 Å². The molecule has 0 saturated carbocycles. The summed E-state index contributed by atoms with van der Waals surface area (Å²) in [6.45, 7) is 8.30. The van der Waals surface area contributed by atoms with Crippen LogP contribution in [-0.2, 0) is 16.1 Å². The fraction of sp³-hybridized carbons (Fsp3) is 0.316. The van der Waals surface area contributed by atoms with Crippen LogP contribution in [0.25, 0.3) is 6.08 Å². The number of hydrogen-bond acceptors (Lipinski definition) is 5. The second kappa shape index (κ2) is 8.24. The van der Waals surface area contributed by atoms with Crippen LogP contribution in [0.15, 0.2) is 30.3 Å². The number of esters is 1. The van der Waals surface area contributed by atoms with Gasteiger partial charge >= 0.3 is 5.97 Å². The highest BCUT2D eigenvalue weighted by molar-refractivity contribution is 5.87. The molecule has 0 atom stereocenters. The quantitative estimate of drug-likeness (QED) is 0.600. The van der Waals surface area contributed by atoms with Crippen molar-refractivity contribution in [3.8, 4) is 5.75 Å². The first kappa shape index (κ1) is 17.7. The average molecular weight is 326 g/mol. The van der Waals surface area contributed by atoms with Crippen molar-refractivity contribution in [1.29, 1.82) is 0 Å². The molecule has 1 heterocycles. The van der Waals surface area contributed by atoms with Gasteiger partial charge in [-0.05, 0) is 51.5 Å². The highest BCUT2D eigenvalue weighted by Crippen LogP contribution is 2.17. The van der Waals surface area contributed by atoms with Gasteiger partial charge in [-0.15, -0.1) is 0 Å². The van der Waals surface area contributed by atoms with Crippen molar-refractivity contribution < 1.29 is 14.3 Å². The van der Waals surface area contributed by atoms with Gasteiger partial charge in [0.15, 0.2) is 0 Å². The molecule has 5 nitrogen and oxygen atoms in total. The second-order valence-corrected chi connectivity index (χ2v) is 5.37. The van der Waals surface area contributed by atoms with Crippen molar-refractivity contribution in [2.24, 2.45) is 0 Å². The Morgan fingerprint density at radius 2 is 1.88 bits per heavy atom. The maximum atomic E-state index is 11.4. The number of carbonyl (C=O) groups excluding carboxylic acids is 1. The van der Waals surface area contributed by atoms with Gasteiger partial charge in [0.05, 0.1) is 29.4 Å². The number of nitrogens with zero attached hydrogens (tertiary/aromatic N) is 2. The Hall–Kier alpha value is -2.69. The topological polar surface area (TPSA) is 61.3 Å². The first-order chi connectivity index (χ1) is 11.5. The number of ether oxygens (including phenoxy) is 2. The molecule has 0 bridgehead atoms. The van der Waals surface area contributed by atoms with Crippen molar-refractivity contribution in [3.05, 3.63) is 58.7 Å². The van der Waals surface area contributed by atoms with Crippen LogP contribution in [0.2, 0.25) is 0 Å². The van der Waals surface area contributed by atoms with Crippen LogP contribution >= 0.6 is 0 Å². The molecule has 5 heteroatoms. The van der Waals surface area contributed by atoms with Gasteiger partial charge in [0, 0.05) is 6.08 Å². The van der Waals surface area contributed by atoms with Crippen LogP contribution in [0, 0.1) is 20.8 Å². The maximum absolute atomic E-state index is 11.4. The highest BCUT2D eigenvalue weighted by Gasteiger charge is 2.06. The molecule has 1 aromatic heterocycles. The molecule has 0 unspecified atom stereocenters. The molecule has 0 N–H and O–H groups in total. The van der Waals surface area contributed by atoms with E-state index in [4.69, 9.17) is 9.47 Å². The monoisotopic (exact) mass is 326 g/mol. The molecule has 126 valence electrons. The molecule has 2 rings (SSSR count). The Morgan fingerprint density at radius 1 is 1.12 bits per heavy atom. The van der Waals surface area contributed by atoms with Crippen LogP contribution in [0.4, 0.5) is 0 Å². The van der Waals surface area contributed by atoms with Gasteiger partial charge in [0.2, 0.25) is 0 Å². The predicted octanol–water partition coefficient (Wildman–Crippen LogP) is 3.56. The minimum atomic E-state index is -0.357. The van der Waals surface area contributed by atoms with E-state index in [1.54, 1.807) is 13.0 Å². The average Bonchev–Trinajstić information content (AvgIpc) is 2.56. The summed E-state index contributed by atoms with van der Waals surface area (Å²) in [7, 11) is 0. The third kappa shape index (κ3) is 4.91. The van der Waals surface area contributed by atoms with Crippen LogP contribution in [0.3, 0.4) is 0 Å². The lowest BCUT2D eigenvalue weighted by Gasteiger charge is -2.10. The zero-order valence-electron chi connectivity index (χ0n) is 14.5. The molecule has 24 heavy (non-hydrogen) atoms. The van der Waals surface area contributed by atoms with Crippen LogP contribution in [0.5, 0.6) is 5.75 Å². The lowest BCUT2D eigenvalue weighted by molar-refractivity contribution is -0.137. The second-order valence-electron chi connectivity index (χ2n) is 5.37. The van der Waals surface area contributed by atoms with Gasteiger partial charge in [-0.2, -0.15) is 0 Å². The molecule has 0 fully saturated rings. The standard InChI is InChI=1S/C19H22N2O3/c1-5-23-19(22)10-9-16-7-6-8-17(11-16)24-12-18-15(4)20-13(2)14(3)21-18/h6-11H,5,12H2,1-4H3/b10-9+. The normalized spacial score (nSPS) is 10.8. The Labute approximate surface area is 142 Å². The van der Waals surface area contributed by atoms with E-state index < -0.39 is 0 Å². The van der Waals surface area contributed by atoms with Gasteiger partial charge < -0.3 is 9.47 Å². The number of aromatic nitrogens is 2. The summed E-state index contributed by atoms with van der Waals surface area (Å²) in [5, 5.41) is 0. The van der Waals surface area contributed by atoms with Crippen molar-refractivity contribution >= 4 is 12.0 Å². The van der Waals surface area contributed by atoms with E-state index in [9.17, 15) is 4.79 Å². The van der Waals surface area contributed by atoms with E-state index in [1.807, 2.05) is 45.0 Å². The largest absolute Gasteiger partial charge is 0.487 e. The van der Waals surface area contributed by atoms with Gasteiger partial charge in [0.25, 0.3) is 0 Å². The minimum Gasteiger partial charge on any atom is -0.487 e. The summed E-state index contributed by atoms with van der Waals surface area (Å²) in [6.07, 6.45) is 3.10. The molecule has 0 aliphatic carbocycles. The fourth-order valence-corrected chi connectivity index (χ4v) is 2.11. The summed E-state index contributed by atoms with van der Waals surface area (Å²) in [6, 6.07) is 7.49. The van der Waals surface area contributed by atoms with E-state index in [0.717, 1.165) is 28.3 Å². The van der Waals surface area contributed by atoms with E-state index in [0.29, 0.717) is 19.0 Å². The number of aryl methyl sites for hydroxylation is 3. The zero-order valence-corrected chi connectivity index (χ0v) is 14.5. The van der Waals surface area contributed by atoms with Crippen LogP contribution in [-0.4, -0.2) is 22.5 Å². The SMILES string of the molecule is CCOC(=O)/C=C/c1cccc(OCc2nc(C)c(C)nc2C)c1. The number of benzene rings is 1. The van der Waals surface area contributed by atoms with Gasteiger partial charge in [0.1, 0.15) is 12.4 Å². The first-order valence-corrected chi connectivity index (χ1v) is 7.88. The molecule has 0 aliphatic rings. The molecule has 2 aromatic rings. The van der Waals surface area contributed by atoms with E-state index in [1.165, 1.54) is 6.08 Å². The summed E-state index contributed by atoms with van der Waals surface area (Å²) in [5.41, 5.74) is 4.40. The van der Waals surface area contributed by atoms with Gasteiger partial charge in [-0.25, -0.2) is 4.79 Å². The third-order valence-corrected chi connectivity index (χ3v) is 3.51. The van der Waals surface area contributed by atoms with Gasteiger partial charge in [-0.1, -0.05) is 12.1 Å². The van der Waals surface area contributed by atoms with Gasteiger partial charge in [-0.3, -0.25) is 9.97 Å². The van der Waals surface area contributed by atoms with Crippen LogP contribution < -0.4 is 4.74 Å². The highest BCUT2D eigenvalue weighted by atomic mass is 16.5. The van der Waals surface area contributed by atoms with Crippen molar-refractivity contribution in [3.63, 3.8) is 0 Å². The number of rotatable bonds is 6. The fourth-order valence-electron chi connectivity index (χ4n) is 2.11. The molecular weight excluding hydrogens is 304 g/mol. The summed E-state index contributed by atoms with van der Waals surface area (Å²) >= 11 is 0. The predicted molar refractivity (Wildman–Crippen MR) is 92.7 cm³/mol. The Kier molecular flexibility index (Phi) is 6.07. The summed E-state index contributed by atoms with van der Waals surface area (Å²) in [4.78, 5) is 20.3. The lowest BCUT2D eigenvalue weighted by Crippen LogP contribution is -2.06. The molecule has 1 aromatic carbocycles. The van der Waals surface area contributed by atoms with E-state index in [-0.39, 0.29) is 5.97 Å². The third-order valence-electron chi connectivity index (χ3n) is 3.51. The Morgan fingerprint density at radius 3 is 2.62 bits per heavy atom.